The van der Waals surface area contributed by atoms with Gasteiger partial charge in [-0.2, -0.15) is 0 Å². The van der Waals surface area contributed by atoms with Crippen molar-refractivity contribution >= 4 is 11.5 Å². The Bertz CT molecular complexity index is 614. The first-order valence-corrected chi connectivity index (χ1v) is 6.74. The number of anilines is 1. The summed E-state index contributed by atoms with van der Waals surface area (Å²) in [5.74, 6) is 1.31. The Hall–Kier alpha value is -2.09. The number of hydrogen-bond acceptors (Lipinski definition) is 1. The van der Waals surface area contributed by atoms with Gasteiger partial charge in [0.2, 0.25) is 0 Å². The van der Waals surface area contributed by atoms with Gasteiger partial charge in [0.05, 0.1) is 12.6 Å². The van der Waals surface area contributed by atoms with Crippen molar-refractivity contribution in [3.8, 4) is 0 Å². The summed E-state index contributed by atoms with van der Waals surface area (Å²) in [6.07, 6.45) is 0. The van der Waals surface area contributed by atoms with Crippen molar-refractivity contribution in [2.45, 2.75) is 6.92 Å². The average Bonchev–Trinajstić information content (AvgIpc) is 2.82. The van der Waals surface area contributed by atoms with Crippen molar-refractivity contribution in [1.29, 1.82) is 0 Å². The topological polar surface area (TPSA) is 6.25 Å². The fraction of sp³-hybridized carbons (Fsp3) is 0.235. The molecule has 0 aliphatic carbocycles. The molecule has 19 heavy (non-hydrogen) atoms. The highest BCUT2D eigenvalue weighted by Crippen LogP contribution is 2.21. The predicted octanol–water partition coefficient (Wildman–Crippen LogP) is 2.90. The summed E-state index contributed by atoms with van der Waals surface area (Å²) in [5, 5.41) is 0. The van der Waals surface area contributed by atoms with Gasteiger partial charge in [0.25, 0.3) is 5.84 Å². The normalized spacial score (nSPS) is 15.2. The van der Waals surface area contributed by atoms with Crippen molar-refractivity contribution in [3.63, 3.8) is 0 Å². The SMILES string of the molecule is Cc1ccccc1C1=[N+](C)CCN1c1ccccc1. The van der Waals surface area contributed by atoms with Gasteiger partial charge in [0, 0.05) is 0 Å². The Morgan fingerprint density at radius 3 is 2.37 bits per heavy atom. The second kappa shape index (κ2) is 4.88. The lowest BCUT2D eigenvalue weighted by Gasteiger charge is -2.14. The molecule has 96 valence electrons. The largest absolute Gasteiger partial charge is 0.284 e. The fourth-order valence-electron chi connectivity index (χ4n) is 2.70. The maximum Gasteiger partial charge on any atom is 0.284 e. The fourth-order valence-corrected chi connectivity index (χ4v) is 2.70. The van der Waals surface area contributed by atoms with E-state index in [1.807, 2.05) is 0 Å². The van der Waals surface area contributed by atoms with Crippen LogP contribution in [0.1, 0.15) is 11.1 Å². The number of amidine groups is 1. The Balaban J connectivity index is 2.08. The third-order valence-electron chi connectivity index (χ3n) is 3.73. The van der Waals surface area contributed by atoms with E-state index in [-0.39, 0.29) is 0 Å². The van der Waals surface area contributed by atoms with Gasteiger partial charge in [-0.3, -0.25) is 4.58 Å². The molecule has 0 fully saturated rings. The molecule has 0 amide bonds. The summed E-state index contributed by atoms with van der Waals surface area (Å²) in [6, 6.07) is 19.2. The molecular formula is C17H19N2+. The quantitative estimate of drug-likeness (QED) is 0.744. The lowest BCUT2D eigenvalue weighted by molar-refractivity contribution is -0.485. The minimum Gasteiger partial charge on any atom is -0.260 e. The van der Waals surface area contributed by atoms with Crippen molar-refractivity contribution in [2.24, 2.45) is 0 Å². The number of rotatable bonds is 2. The second-order valence-electron chi connectivity index (χ2n) is 5.05. The molecule has 2 heteroatoms. The van der Waals surface area contributed by atoms with Crippen LogP contribution in [0, 0.1) is 6.92 Å². The van der Waals surface area contributed by atoms with Gasteiger partial charge in [0.1, 0.15) is 18.8 Å². The van der Waals surface area contributed by atoms with Crippen LogP contribution in [0.5, 0.6) is 0 Å². The molecule has 0 atom stereocenters. The molecule has 1 heterocycles. The van der Waals surface area contributed by atoms with Gasteiger partial charge in [0.15, 0.2) is 0 Å². The van der Waals surface area contributed by atoms with Gasteiger partial charge < -0.3 is 0 Å². The molecule has 0 radical (unpaired) electrons. The molecule has 2 aromatic carbocycles. The van der Waals surface area contributed by atoms with Crippen LogP contribution in [0.4, 0.5) is 5.69 Å². The predicted molar refractivity (Wildman–Crippen MR) is 80.1 cm³/mol. The smallest absolute Gasteiger partial charge is 0.260 e. The van der Waals surface area contributed by atoms with E-state index in [0.29, 0.717) is 0 Å². The summed E-state index contributed by atoms with van der Waals surface area (Å²) >= 11 is 0. The molecule has 0 bridgehead atoms. The molecule has 1 aliphatic heterocycles. The van der Waals surface area contributed by atoms with E-state index in [4.69, 9.17) is 0 Å². The summed E-state index contributed by atoms with van der Waals surface area (Å²) in [5.41, 5.74) is 3.92. The molecule has 3 rings (SSSR count). The standard InChI is InChI=1S/C17H19N2/c1-14-8-6-7-11-16(14)17-18(2)12-13-19(17)15-9-4-3-5-10-15/h3-11H,12-13H2,1-2H3/q+1. The van der Waals surface area contributed by atoms with Gasteiger partial charge in [-0.1, -0.05) is 36.4 Å². The zero-order valence-electron chi connectivity index (χ0n) is 11.5. The molecule has 0 spiro atoms. The number of aryl methyl sites for hydroxylation is 1. The van der Waals surface area contributed by atoms with Crippen molar-refractivity contribution in [3.05, 3.63) is 65.7 Å². The Labute approximate surface area is 114 Å². The molecule has 1 aliphatic rings. The second-order valence-corrected chi connectivity index (χ2v) is 5.05. The number of hydrogen-bond donors (Lipinski definition) is 0. The van der Waals surface area contributed by atoms with E-state index in [0.717, 1.165) is 13.1 Å². The van der Waals surface area contributed by atoms with Gasteiger partial charge in [-0.25, -0.2) is 4.90 Å². The number of likely N-dealkylation sites (N-methyl/N-ethyl adjacent to an activating group) is 1. The minimum absolute atomic E-state index is 1.05. The Morgan fingerprint density at radius 1 is 0.947 bits per heavy atom. The lowest BCUT2D eigenvalue weighted by atomic mass is 10.1. The number of benzene rings is 2. The summed E-state index contributed by atoms with van der Waals surface area (Å²) in [4.78, 5) is 2.41. The van der Waals surface area contributed by atoms with E-state index < -0.39 is 0 Å². The van der Waals surface area contributed by atoms with Gasteiger partial charge in [-0.05, 0) is 30.7 Å². The van der Waals surface area contributed by atoms with E-state index in [2.05, 4.69) is 78.0 Å². The zero-order chi connectivity index (χ0) is 13.2. The third kappa shape index (κ3) is 2.14. The minimum atomic E-state index is 1.05. The maximum atomic E-state index is 2.41. The van der Waals surface area contributed by atoms with Crippen LogP contribution < -0.4 is 4.90 Å². The monoisotopic (exact) mass is 251 g/mol. The molecule has 0 aromatic heterocycles. The lowest BCUT2D eigenvalue weighted by Crippen LogP contribution is -2.30. The molecular weight excluding hydrogens is 232 g/mol. The molecule has 2 aromatic rings. The van der Waals surface area contributed by atoms with Crippen LogP contribution in [0.15, 0.2) is 54.6 Å². The van der Waals surface area contributed by atoms with Crippen LogP contribution >= 0.6 is 0 Å². The van der Waals surface area contributed by atoms with E-state index in [1.165, 1.54) is 22.6 Å². The van der Waals surface area contributed by atoms with Gasteiger partial charge in [-0.15, -0.1) is 0 Å². The number of para-hydroxylation sites is 1. The summed E-state index contributed by atoms with van der Waals surface area (Å²) in [7, 11) is 2.17. The van der Waals surface area contributed by atoms with Crippen LogP contribution in [-0.4, -0.2) is 30.5 Å². The highest BCUT2D eigenvalue weighted by Gasteiger charge is 2.32. The zero-order valence-corrected chi connectivity index (χ0v) is 11.5. The Kier molecular flexibility index (Phi) is 3.08. The summed E-state index contributed by atoms with van der Waals surface area (Å²) < 4.78 is 2.34. The summed E-state index contributed by atoms with van der Waals surface area (Å²) in [6.45, 7) is 4.29. The highest BCUT2D eigenvalue weighted by molar-refractivity contribution is 6.08. The van der Waals surface area contributed by atoms with Crippen LogP contribution in [-0.2, 0) is 0 Å². The van der Waals surface area contributed by atoms with Crippen LogP contribution in [0.25, 0.3) is 0 Å². The first-order valence-electron chi connectivity index (χ1n) is 6.74. The first kappa shape index (κ1) is 12.0. The third-order valence-corrected chi connectivity index (χ3v) is 3.73. The van der Waals surface area contributed by atoms with E-state index in [9.17, 15) is 0 Å². The average molecular weight is 251 g/mol. The molecule has 0 unspecified atom stereocenters. The van der Waals surface area contributed by atoms with Crippen molar-refractivity contribution < 1.29 is 4.58 Å². The molecule has 0 saturated heterocycles. The highest BCUT2D eigenvalue weighted by atomic mass is 15.3. The Morgan fingerprint density at radius 2 is 1.63 bits per heavy atom. The van der Waals surface area contributed by atoms with Gasteiger partial charge >= 0.3 is 0 Å². The van der Waals surface area contributed by atoms with E-state index in [1.54, 1.807) is 0 Å². The maximum absolute atomic E-state index is 2.41. The first-order chi connectivity index (χ1) is 9.27. The van der Waals surface area contributed by atoms with Crippen LogP contribution in [0.3, 0.4) is 0 Å². The van der Waals surface area contributed by atoms with Crippen LogP contribution in [0.2, 0.25) is 0 Å². The molecule has 0 N–H and O–H groups in total. The number of nitrogens with zero attached hydrogens (tertiary/aromatic N) is 2. The van der Waals surface area contributed by atoms with E-state index >= 15 is 0 Å². The van der Waals surface area contributed by atoms with Crippen molar-refractivity contribution in [1.82, 2.24) is 0 Å². The molecule has 2 nitrogen and oxygen atoms in total. The molecule has 0 saturated carbocycles. The van der Waals surface area contributed by atoms with Crippen molar-refractivity contribution in [2.75, 3.05) is 25.0 Å².